The van der Waals surface area contributed by atoms with Crippen molar-refractivity contribution < 1.29 is 9.59 Å². The molecule has 0 bridgehead atoms. The maximum atomic E-state index is 12.2. The van der Waals surface area contributed by atoms with Gasteiger partial charge in [0, 0.05) is 19.9 Å². The van der Waals surface area contributed by atoms with E-state index in [0.717, 1.165) is 32.2 Å². The average Bonchev–Trinajstić information content (AvgIpc) is 2.89. The summed E-state index contributed by atoms with van der Waals surface area (Å²) in [6, 6.07) is 10.0. The second-order valence-electron chi connectivity index (χ2n) is 5.18. The number of hydrogen-bond acceptors (Lipinski definition) is 2. The Labute approximate surface area is 114 Å². The van der Waals surface area contributed by atoms with E-state index in [-0.39, 0.29) is 17.7 Å². The van der Waals surface area contributed by atoms with Crippen molar-refractivity contribution in [1.82, 2.24) is 4.90 Å². The van der Waals surface area contributed by atoms with Gasteiger partial charge in [-0.15, -0.1) is 0 Å². The van der Waals surface area contributed by atoms with E-state index in [9.17, 15) is 9.59 Å². The highest BCUT2D eigenvalue weighted by Crippen LogP contribution is 2.20. The predicted molar refractivity (Wildman–Crippen MR) is 74.8 cm³/mol. The Kier molecular flexibility index (Phi) is 4.72. The number of nitrogens with zero attached hydrogens (tertiary/aromatic N) is 1. The van der Waals surface area contributed by atoms with Gasteiger partial charge in [0.05, 0.1) is 6.04 Å². The Morgan fingerprint density at radius 3 is 2.68 bits per heavy atom. The van der Waals surface area contributed by atoms with Gasteiger partial charge in [0.25, 0.3) is 0 Å². The number of hydrogen-bond donors (Lipinski definition) is 0. The van der Waals surface area contributed by atoms with E-state index in [4.69, 9.17) is 0 Å². The van der Waals surface area contributed by atoms with Crippen LogP contribution < -0.4 is 0 Å². The van der Waals surface area contributed by atoms with E-state index in [2.05, 4.69) is 12.1 Å². The lowest BCUT2D eigenvalue weighted by atomic mass is 10.0. The van der Waals surface area contributed by atoms with Crippen molar-refractivity contribution in [2.24, 2.45) is 0 Å². The second-order valence-corrected chi connectivity index (χ2v) is 5.18. The second kappa shape index (κ2) is 6.50. The summed E-state index contributed by atoms with van der Waals surface area (Å²) in [5.74, 6) is 0.252. The van der Waals surface area contributed by atoms with E-state index >= 15 is 0 Å². The number of benzene rings is 1. The first-order valence-corrected chi connectivity index (χ1v) is 7.02. The topological polar surface area (TPSA) is 37.4 Å². The Morgan fingerprint density at radius 1 is 1.26 bits per heavy atom. The van der Waals surface area contributed by atoms with Crippen molar-refractivity contribution in [3.63, 3.8) is 0 Å². The van der Waals surface area contributed by atoms with Crippen LogP contribution in [0.1, 0.15) is 38.2 Å². The third-order valence-electron chi connectivity index (χ3n) is 3.76. The summed E-state index contributed by atoms with van der Waals surface area (Å²) in [6.07, 6.45) is 4.16. The minimum atomic E-state index is -0.159. The van der Waals surface area contributed by atoms with E-state index in [1.807, 2.05) is 18.2 Å². The van der Waals surface area contributed by atoms with E-state index in [1.165, 1.54) is 5.56 Å². The van der Waals surface area contributed by atoms with Crippen LogP contribution in [0.3, 0.4) is 0 Å². The zero-order chi connectivity index (χ0) is 13.7. The van der Waals surface area contributed by atoms with Gasteiger partial charge in [-0.05, 0) is 31.2 Å². The largest absolute Gasteiger partial charge is 0.333 e. The maximum absolute atomic E-state index is 12.2. The van der Waals surface area contributed by atoms with Crippen LogP contribution in [0, 0.1) is 0 Å². The van der Waals surface area contributed by atoms with Gasteiger partial charge in [0.2, 0.25) is 5.91 Å². The Balaban J connectivity index is 1.80. The third kappa shape index (κ3) is 3.66. The molecule has 0 saturated carbocycles. The minimum Gasteiger partial charge on any atom is -0.333 e. The molecule has 3 heteroatoms. The molecule has 1 saturated heterocycles. The highest BCUT2D eigenvalue weighted by atomic mass is 16.2. The first-order chi connectivity index (χ1) is 9.18. The van der Waals surface area contributed by atoms with Crippen LogP contribution in [0.15, 0.2) is 30.3 Å². The molecule has 19 heavy (non-hydrogen) atoms. The van der Waals surface area contributed by atoms with Crippen LogP contribution in [0.4, 0.5) is 0 Å². The SMILES string of the molecule is CC(=O)N1CCCC1C(=O)CCCc1ccccc1. The van der Waals surface area contributed by atoms with Crippen LogP contribution >= 0.6 is 0 Å². The van der Waals surface area contributed by atoms with Gasteiger partial charge in [-0.2, -0.15) is 0 Å². The monoisotopic (exact) mass is 259 g/mol. The molecule has 0 N–H and O–H groups in total. The normalized spacial score (nSPS) is 18.6. The molecule has 0 radical (unpaired) electrons. The summed E-state index contributed by atoms with van der Waals surface area (Å²) in [6.45, 7) is 2.29. The minimum absolute atomic E-state index is 0.0268. The Bertz CT molecular complexity index is 441. The smallest absolute Gasteiger partial charge is 0.220 e. The number of rotatable bonds is 5. The molecule has 1 atom stereocenters. The number of carbonyl (C=O) groups excluding carboxylic acids is 2. The summed E-state index contributed by atoms with van der Waals surface area (Å²) >= 11 is 0. The van der Waals surface area contributed by atoms with Gasteiger partial charge in [0.15, 0.2) is 5.78 Å². The molecule has 1 aliphatic rings. The molecule has 102 valence electrons. The number of Topliss-reactive ketones (excluding diaryl/α,β-unsaturated/α-hetero) is 1. The highest BCUT2D eigenvalue weighted by molar-refractivity contribution is 5.88. The molecule has 1 aliphatic heterocycles. The molecular weight excluding hydrogens is 238 g/mol. The van der Waals surface area contributed by atoms with Crippen LogP contribution in [0.25, 0.3) is 0 Å². The first kappa shape index (κ1) is 13.8. The highest BCUT2D eigenvalue weighted by Gasteiger charge is 2.31. The van der Waals surface area contributed by atoms with Gasteiger partial charge in [-0.25, -0.2) is 0 Å². The molecular formula is C16H21NO2. The zero-order valence-corrected chi connectivity index (χ0v) is 11.5. The van der Waals surface area contributed by atoms with Gasteiger partial charge in [-0.1, -0.05) is 30.3 Å². The molecule has 1 heterocycles. The maximum Gasteiger partial charge on any atom is 0.220 e. The quantitative estimate of drug-likeness (QED) is 0.815. The number of ketones is 1. The molecule has 0 spiro atoms. The molecule has 1 aromatic carbocycles. The van der Waals surface area contributed by atoms with E-state index in [0.29, 0.717) is 6.42 Å². The van der Waals surface area contributed by atoms with Gasteiger partial charge in [0.1, 0.15) is 0 Å². The van der Waals surface area contributed by atoms with Crippen molar-refractivity contribution in [1.29, 1.82) is 0 Å². The van der Waals surface area contributed by atoms with Crippen molar-refractivity contribution >= 4 is 11.7 Å². The third-order valence-corrected chi connectivity index (χ3v) is 3.76. The molecule has 0 aliphatic carbocycles. The molecule has 1 amide bonds. The number of aryl methyl sites for hydroxylation is 1. The average molecular weight is 259 g/mol. The molecule has 0 aromatic heterocycles. The molecule has 2 rings (SSSR count). The van der Waals surface area contributed by atoms with Crippen LogP contribution in [0.2, 0.25) is 0 Å². The fourth-order valence-corrected chi connectivity index (χ4v) is 2.76. The lowest BCUT2D eigenvalue weighted by molar-refractivity contribution is -0.135. The van der Waals surface area contributed by atoms with Crippen LogP contribution in [-0.2, 0) is 16.0 Å². The summed E-state index contributed by atoms with van der Waals surface area (Å²) < 4.78 is 0. The van der Waals surface area contributed by atoms with Gasteiger partial charge in [-0.3, -0.25) is 9.59 Å². The number of likely N-dealkylation sites (tertiary alicyclic amines) is 1. The molecule has 1 unspecified atom stereocenters. The van der Waals surface area contributed by atoms with Crippen molar-refractivity contribution in [2.75, 3.05) is 6.54 Å². The number of amides is 1. The predicted octanol–water partition coefficient (Wildman–Crippen LogP) is 2.59. The zero-order valence-electron chi connectivity index (χ0n) is 11.5. The summed E-state index contributed by atoms with van der Waals surface area (Å²) in [5.41, 5.74) is 1.27. The Morgan fingerprint density at radius 2 is 2.00 bits per heavy atom. The van der Waals surface area contributed by atoms with Gasteiger partial charge >= 0.3 is 0 Å². The molecule has 3 nitrogen and oxygen atoms in total. The lowest BCUT2D eigenvalue weighted by Crippen LogP contribution is -2.39. The summed E-state index contributed by atoms with van der Waals surface area (Å²) in [4.78, 5) is 25.3. The van der Waals surface area contributed by atoms with E-state index in [1.54, 1.807) is 11.8 Å². The van der Waals surface area contributed by atoms with Crippen molar-refractivity contribution in [3.8, 4) is 0 Å². The first-order valence-electron chi connectivity index (χ1n) is 7.02. The van der Waals surface area contributed by atoms with Crippen LogP contribution in [-0.4, -0.2) is 29.2 Å². The Hall–Kier alpha value is -1.64. The molecule has 1 aromatic rings. The van der Waals surface area contributed by atoms with Crippen molar-refractivity contribution in [2.45, 2.75) is 45.1 Å². The lowest BCUT2D eigenvalue weighted by Gasteiger charge is -2.21. The standard InChI is InChI=1S/C16H21NO2/c1-13(18)17-12-6-10-15(17)16(19)11-5-9-14-7-3-2-4-8-14/h2-4,7-8,15H,5-6,9-12H2,1H3. The fourth-order valence-electron chi connectivity index (χ4n) is 2.76. The van der Waals surface area contributed by atoms with E-state index < -0.39 is 0 Å². The molecule has 1 fully saturated rings. The van der Waals surface area contributed by atoms with Crippen LogP contribution in [0.5, 0.6) is 0 Å². The van der Waals surface area contributed by atoms with Crippen molar-refractivity contribution in [3.05, 3.63) is 35.9 Å². The fraction of sp³-hybridized carbons (Fsp3) is 0.500. The van der Waals surface area contributed by atoms with Gasteiger partial charge < -0.3 is 4.90 Å². The number of carbonyl (C=O) groups is 2. The summed E-state index contributed by atoms with van der Waals surface area (Å²) in [7, 11) is 0. The summed E-state index contributed by atoms with van der Waals surface area (Å²) in [5, 5.41) is 0.